The summed E-state index contributed by atoms with van der Waals surface area (Å²) in [7, 11) is 0. The minimum atomic E-state index is -0.334. The highest BCUT2D eigenvalue weighted by Crippen LogP contribution is 2.40. The van der Waals surface area contributed by atoms with E-state index >= 15 is 0 Å². The van der Waals surface area contributed by atoms with Crippen molar-refractivity contribution in [1.82, 2.24) is 29.5 Å². The van der Waals surface area contributed by atoms with Crippen LogP contribution in [-0.4, -0.2) is 53.6 Å². The van der Waals surface area contributed by atoms with E-state index in [4.69, 9.17) is 4.74 Å². The molecule has 2 aliphatic heterocycles. The molecular weight excluding hydrogens is 422 g/mol. The van der Waals surface area contributed by atoms with Crippen LogP contribution in [0, 0.1) is 0 Å². The summed E-state index contributed by atoms with van der Waals surface area (Å²) in [6.45, 7) is 0.667. The highest BCUT2D eigenvalue weighted by atomic mass is 16.6. The molecule has 1 aromatic carbocycles. The van der Waals surface area contributed by atoms with E-state index < -0.39 is 0 Å². The Bertz CT molecular complexity index is 1320. The maximum absolute atomic E-state index is 12.5. The molecule has 0 saturated carbocycles. The number of rotatable bonds is 6. The number of hydrogen-bond acceptors (Lipinski definition) is 7. The van der Waals surface area contributed by atoms with Gasteiger partial charge >= 0.3 is 6.09 Å². The molecule has 6 rings (SSSR count). The number of hydrogen-bond donors (Lipinski definition) is 0. The molecular formula is C23H19N7O3. The molecule has 0 aliphatic carbocycles. The number of cyclic esters (lactones) is 1. The second kappa shape index (κ2) is 7.66. The molecule has 5 heterocycles. The SMILES string of the molecule is O=C(Cn1ccnc1)c1ccc(-c2ccc3c(c2)C[C@H]2C(Cn4ccnn4)OC(=O)N32)cn1. The van der Waals surface area contributed by atoms with Crippen LogP contribution in [-0.2, 0) is 24.2 Å². The van der Waals surface area contributed by atoms with Crippen LogP contribution in [0.25, 0.3) is 11.1 Å². The van der Waals surface area contributed by atoms with Crippen molar-refractivity contribution in [2.45, 2.75) is 31.7 Å². The number of ether oxygens (including phenoxy) is 1. The van der Waals surface area contributed by atoms with Gasteiger partial charge in [-0.05, 0) is 35.7 Å². The number of ketones is 1. The highest BCUT2D eigenvalue weighted by Gasteiger charge is 2.47. The monoisotopic (exact) mass is 441 g/mol. The summed E-state index contributed by atoms with van der Waals surface area (Å²) in [4.78, 5) is 35.0. The van der Waals surface area contributed by atoms with E-state index in [0.29, 0.717) is 18.7 Å². The van der Waals surface area contributed by atoms with E-state index in [-0.39, 0.29) is 30.6 Å². The van der Waals surface area contributed by atoms with Crippen molar-refractivity contribution in [3.63, 3.8) is 0 Å². The Morgan fingerprint density at radius 1 is 1.12 bits per heavy atom. The molecule has 4 aromatic rings. The fourth-order valence-electron chi connectivity index (χ4n) is 4.49. The summed E-state index contributed by atoms with van der Waals surface area (Å²) < 4.78 is 8.99. The second-order valence-corrected chi connectivity index (χ2v) is 8.12. The lowest BCUT2D eigenvalue weighted by atomic mass is 10.0. The molecule has 2 aliphatic rings. The summed E-state index contributed by atoms with van der Waals surface area (Å²) in [6.07, 6.45) is 10.1. The van der Waals surface area contributed by atoms with Crippen molar-refractivity contribution in [2.75, 3.05) is 4.90 Å². The molecule has 0 spiro atoms. The van der Waals surface area contributed by atoms with Crippen LogP contribution in [0.15, 0.2) is 67.6 Å². The number of carbonyl (C=O) groups excluding carboxylic acids is 2. The number of pyridine rings is 1. The van der Waals surface area contributed by atoms with Gasteiger partial charge in [-0.15, -0.1) is 5.10 Å². The quantitative estimate of drug-likeness (QED) is 0.423. The van der Waals surface area contributed by atoms with Crippen molar-refractivity contribution in [2.24, 2.45) is 0 Å². The Labute approximate surface area is 188 Å². The summed E-state index contributed by atoms with van der Waals surface area (Å²) in [5, 5.41) is 7.80. The van der Waals surface area contributed by atoms with Crippen LogP contribution in [0.5, 0.6) is 0 Å². The number of Topliss-reactive ketones (excluding diaryl/α,β-unsaturated/α-hetero) is 1. The number of imidazole rings is 1. The normalized spacial score (nSPS) is 18.8. The van der Waals surface area contributed by atoms with Gasteiger partial charge in [0.15, 0.2) is 0 Å². The molecule has 33 heavy (non-hydrogen) atoms. The predicted octanol–water partition coefficient (Wildman–Crippen LogP) is 2.37. The van der Waals surface area contributed by atoms with Crippen molar-refractivity contribution in [3.05, 3.63) is 78.9 Å². The van der Waals surface area contributed by atoms with Gasteiger partial charge in [0.05, 0.1) is 37.3 Å². The average Bonchev–Trinajstić information content (AvgIpc) is 3.62. The first-order valence-corrected chi connectivity index (χ1v) is 10.6. The van der Waals surface area contributed by atoms with E-state index in [1.165, 1.54) is 0 Å². The van der Waals surface area contributed by atoms with Crippen LogP contribution < -0.4 is 4.90 Å². The minimum absolute atomic E-state index is 0.0757. The fraction of sp³-hybridized carbons (Fsp3) is 0.217. The second-order valence-electron chi connectivity index (χ2n) is 8.12. The van der Waals surface area contributed by atoms with Crippen LogP contribution >= 0.6 is 0 Å². The number of benzene rings is 1. The molecule has 0 bridgehead atoms. The summed E-state index contributed by atoms with van der Waals surface area (Å²) in [6, 6.07) is 9.55. The van der Waals surface area contributed by atoms with Crippen molar-refractivity contribution in [1.29, 1.82) is 0 Å². The van der Waals surface area contributed by atoms with Gasteiger partial charge in [0.25, 0.3) is 0 Å². The number of amides is 1. The molecule has 3 aromatic heterocycles. The Morgan fingerprint density at radius 2 is 2.03 bits per heavy atom. The average molecular weight is 441 g/mol. The third-order valence-electron chi connectivity index (χ3n) is 6.08. The third-order valence-corrected chi connectivity index (χ3v) is 6.08. The first-order valence-electron chi connectivity index (χ1n) is 10.6. The van der Waals surface area contributed by atoms with Gasteiger partial charge in [-0.25, -0.2) is 14.5 Å². The molecule has 1 saturated heterocycles. The van der Waals surface area contributed by atoms with Crippen LogP contribution in [0.3, 0.4) is 0 Å². The van der Waals surface area contributed by atoms with Crippen LogP contribution in [0.1, 0.15) is 16.1 Å². The molecule has 10 heteroatoms. The maximum atomic E-state index is 12.5. The maximum Gasteiger partial charge on any atom is 0.415 e. The molecule has 0 radical (unpaired) electrons. The highest BCUT2D eigenvalue weighted by molar-refractivity contribution is 5.95. The lowest BCUT2D eigenvalue weighted by Gasteiger charge is -2.16. The van der Waals surface area contributed by atoms with E-state index in [0.717, 1.165) is 22.4 Å². The van der Waals surface area contributed by atoms with E-state index in [1.54, 1.807) is 57.5 Å². The third kappa shape index (κ3) is 3.45. The largest absolute Gasteiger partial charge is 0.442 e. The molecule has 1 amide bonds. The van der Waals surface area contributed by atoms with Crippen molar-refractivity contribution >= 4 is 17.6 Å². The first-order chi connectivity index (χ1) is 16.2. The number of fused-ring (bicyclic) bond motifs is 3. The molecule has 1 unspecified atom stereocenters. The Balaban J connectivity index is 1.21. The van der Waals surface area contributed by atoms with Crippen molar-refractivity contribution < 1.29 is 14.3 Å². The summed E-state index contributed by atoms with van der Waals surface area (Å²) in [5.74, 6) is -0.0777. The van der Waals surface area contributed by atoms with Crippen molar-refractivity contribution in [3.8, 4) is 11.1 Å². The topological polar surface area (TPSA) is 108 Å². The van der Waals surface area contributed by atoms with Gasteiger partial charge in [0.2, 0.25) is 5.78 Å². The van der Waals surface area contributed by atoms with E-state index in [9.17, 15) is 9.59 Å². The van der Waals surface area contributed by atoms with Gasteiger partial charge in [-0.2, -0.15) is 0 Å². The molecule has 2 atom stereocenters. The number of carbonyl (C=O) groups is 2. The van der Waals surface area contributed by atoms with Gasteiger partial charge in [-0.1, -0.05) is 17.3 Å². The lowest BCUT2D eigenvalue weighted by Crippen LogP contribution is -2.35. The Morgan fingerprint density at radius 3 is 2.79 bits per heavy atom. The smallest absolute Gasteiger partial charge is 0.415 e. The van der Waals surface area contributed by atoms with Gasteiger partial charge in [0.1, 0.15) is 11.8 Å². The lowest BCUT2D eigenvalue weighted by molar-refractivity contribution is 0.0967. The fourth-order valence-corrected chi connectivity index (χ4v) is 4.49. The molecule has 164 valence electrons. The number of anilines is 1. The standard InChI is InChI=1S/C23H19N7O3/c31-21(12-28-7-5-24-14-28)18-3-1-16(11-25-18)15-2-4-19-17(9-15)10-20-22(33-23(32)30(19)20)13-29-8-6-26-27-29/h1-9,11,14,20,22H,10,12-13H2/t20-,22?/m0/s1. The molecule has 10 nitrogen and oxygen atoms in total. The van der Waals surface area contributed by atoms with Gasteiger partial charge in [-0.3, -0.25) is 14.7 Å². The summed E-state index contributed by atoms with van der Waals surface area (Å²) in [5.41, 5.74) is 4.25. The van der Waals surface area contributed by atoms with E-state index in [1.807, 2.05) is 18.2 Å². The molecule has 0 N–H and O–H groups in total. The number of nitrogens with zero attached hydrogens (tertiary/aromatic N) is 7. The van der Waals surface area contributed by atoms with Crippen LogP contribution in [0.4, 0.5) is 10.5 Å². The zero-order valence-electron chi connectivity index (χ0n) is 17.5. The number of aromatic nitrogens is 6. The molecule has 1 fully saturated rings. The Hall–Kier alpha value is -4.34. The predicted molar refractivity (Wildman–Crippen MR) is 116 cm³/mol. The zero-order valence-corrected chi connectivity index (χ0v) is 17.5. The first kappa shape index (κ1) is 19.4. The van der Waals surface area contributed by atoms with Gasteiger partial charge < -0.3 is 9.30 Å². The zero-order chi connectivity index (χ0) is 22.4. The minimum Gasteiger partial charge on any atom is -0.442 e. The Kier molecular flexibility index (Phi) is 4.49. The van der Waals surface area contributed by atoms with E-state index in [2.05, 4.69) is 26.3 Å². The van der Waals surface area contributed by atoms with Crippen LogP contribution in [0.2, 0.25) is 0 Å². The summed E-state index contributed by atoms with van der Waals surface area (Å²) >= 11 is 0. The van der Waals surface area contributed by atoms with Gasteiger partial charge in [0, 0.05) is 30.4 Å².